The zero-order chi connectivity index (χ0) is 19.4. The molecule has 2 N–H and O–H groups in total. The van der Waals surface area contributed by atoms with Gasteiger partial charge in [0.05, 0.1) is 16.2 Å². The van der Waals surface area contributed by atoms with Gasteiger partial charge in [0.1, 0.15) is 6.07 Å². The van der Waals surface area contributed by atoms with Crippen LogP contribution in [0.4, 0.5) is 4.39 Å². The number of pyridine rings is 1. The van der Waals surface area contributed by atoms with Crippen molar-refractivity contribution in [3.05, 3.63) is 87.5 Å². The predicted octanol–water partition coefficient (Wildman–Crippen LogP) is 4.04. The van der Waals surface area contributed by atoms with Gasteiger partial charge in [0.15, 0.2) is 5.82 Å². The third kappa shape index (κ3) is 3.91. The molecule has 27 heavy (non-hydrogen) atoms. The molecule has 0 unspecified atom stereocenters. The fourth-order valence-corrected chi connectivity index (χ4v) is 3.55. The molecule has 0 amide bonds. The van der Waals surface area contributed by atoms with Crippen LogP contribution in [0.25, 0.3) is 11.1 Å². The van der Waals surface area contributed by atoms with Crippen molar-refractivity contribution in [2.75, 3.05) is 0 Å². The first-order valence-corrected chi connectivity index (χ1v) is 8.86. The van der Waals surface area contributed by atoms with Crippen molar-refractivity contribution in [1.82, 2.24) is 4.98 Å². The average Bonchev–Trinajstić information content (AvgIpc) is 2.69. The van der Waals surface area contributed by atoms with Crippen LogP contribution in [0.5, 0.6) is 0 Å². The van der Waals surface area contributed by atoms with Gasteiger partial charge >= 0.3 is 5.97 Å². The number of benzene rings is 2. The Balaban J connectivity index is 2.01. The van der Waals surface area contributed by atoms with E-state index in [9.17, 15) is 19.2 Å². The van der Waals surface area contributed by atoms with E-state index in [4.69, 9.17) is 5.11 Å². The summed E-state index contributed by atoms with van der Waals surface area (Å²) in [5.74, 6) is -1.73. The van der Waals surface area contributed by atoms with Gasteiger partial charge in [-0.2, -0.15) is 5.26 Å². The molecule has 134 valence electrons. The number of rotatable bonds is 5. The Hall–Kier alpha value is -3.37. The van der Waals surface area contributed by atoms with Gasteiger partial charge in [-0.15, -0.1) is 11.8 Å². The first-order valence-electron chi connectivity index (χ1n) is 7.87. The molecular formula is C20H13FN2O3S. The lowest BCUT2D eigenvalue weighted by molar-refractivity contribution is 0.0696. The summed E-state index contributed by atoms with van der Waals surface area (Å²) in [5, 5.41) is 18.9. The summed E-state index contributed by atoms with van der Waals surface area (Å²) in [6.45, 7) is 0. The highest BCUT2D eigenvalue weighted by Crippen LogP contribution is 2.32. The van der Waals surface area contributed by atoms with Crippen LogP contribution in [0, 0.1) is 17.1 Å². The Morgan fingerprint density at radius 3 is 2.59 bits per heavy atom. The van der Waals surface area contributed by atoms with Crippen LogP contribution in [0.2, 0.25) is 0 Å². The van der Waals surface area contributed by atoms with Gasteiger partial charge in [-0.25, -0.2) is 9.18 Å². The molecule has 0 spiro atoms. The number of nitriles is 1. The quantitative estimate of drug-likeness (QED) is 0.652. The van der Waals surface area contributed by atoms with Gasteiger partial charge in [-0.1, -0.05) is 42.5 Å². The highest BCUT2D eigenvalue weighted by Gasteiger charge is 2.19. The fraction of sp³-hybridized carbons (Fsp3) is 0.0500. The molecular weight excluding hydrogens is 367 g/mol. The molecule has 0 radical (unpaired) electrons. The van der Waals surface area contributed by atoms with Crippen LogP contribution in [-0.4, -0.2) is 16.1 Å². The summed E-state index contributed by atoms with van der Waals surface area (Å²) < 4.78 is 14.5. The molecule has 3 rings (SSSR count). The van der Waals surface area contributed by atoms with E-state index < -0.39 is 17.3 Å². The Kier molecular flexibility index (Phi) is 5.38. The first-order chi connectivity index (χ1) is 13.0. The third-order valence-electron chi connectivity index (χ3n) is 3.85. The molecule has 3 aromatic rings. The van der Waals surface area contributed by atoms with E-state index in [1.807, 2.05) is 6.07 Å². The summed E-state index contributed by atoms with van der Waals surface area (Å²) in [7, 11) is 0. The molecule has 5 nitrogen and oxygen atoms in total. The van der Waals surface area contributed by atoms with Crippen molar-refractivity contribution in [3.8, 4) is 17.2 Å². The van der Waals surface area contributed by atoms with E-state index in [1.54, 1.807) is 42.5 Å². The Labute approximate surface area is 158 Å². The minimum Gasteiger partial charge on any atom is -0.478 e. The molecule has 2 aromatic carbocycles. The van der Waals surface area contributed by atoms with Crippen LogP contribution in [0.15, 0.2) is 64.4 Å². The van der Waals surface area contributed by atoms with Gasteiger partial charge in [-0.3, -0.25) is 4.79 Å². The second-order valence-electron chi connectivity index (χ2n) is 5.62. The number of H-pyrrole nitrogens is 1. The molecule has 0 aliphatic carbocycles. The Morgan fingerprint density at radius 2 is 1.93 bits per heavy atom. The van der Waals surface area contributed by atoms with E-state index in [2.05, 4.69) is 4.98 Å². The molecule has 0 saturated heterocycles. The third-order valence-corrected chi connectivity index (χ3v) is 4.93. The molecule has 0 fully saturated rings. The molecule has 0 atom stereocenters. The molecule has 1 aromatic heterocycles. The number of halogens is 1. The van der Waals surface area contributed by atoms with Gasteiger partial charge < -0.3 is 10.1 Å². The number of aromatic carboxylic acids is 1. The largest absolute Gasteiger partial charge is 0.478 e. The topological polar surface area (TPSA) is 93.9 Å². The van der Waals surface area contributed by atoms with Crippen molar-refractivity contribution in [2.45, 2.75) is 10.8 Å². The maximum Gasteiger partial charge on any atom is 0.335 e. The van der Waals surface area contributed by atoms with Crippen molar-refractivity contribution in [1.29, 1.82) is 5.26 Å². The number of nitrogens with one attached hydrogen (secondary N) is 1. The number of hydrogen-bond acceptors (Lipinski definition) is 4. The van der Waals surface area contributed by atoms with E-state index in [-0.39, 0.29) is 21.7 Å². The van der Waals surface area contributed by atoms with Crippen LogP contribution in [0.1, 0.15) is 21.5 Å². The number of carbonyl (C=O) groups is 1. The van der Waals surface area contributed by atoms with Crippen molar-refractivity contribution < 1.29 is 14.3 Å². The van der Waals surface area contributed by atoms with Gasteiger partial charge in [0.25, 0.3) is 5.56 Å². The number of carboxylic acids is 1. The zero-order valence-corrected chi connectivity index (χ0v) is 14.7. The standard InChI is InChI=1S/C20H13FN2O3S/c21-17-16(13-6-2-1-3-7-13)15(10-22)19(23-18(17)24)27-11-12-5-4-8-14(9-12)20(25)26/h1-9H,11H2,(H,23,24)(H,25,26). The minimum absolute atomic E-state index is 0.0383. The predicted molar refractivity (Wildman–Crippen MR) is 100 cm³/mol. The van der Waals surface area contributed by atoms with Crippen LogP contribution in [0.3, 0.4) is 0 Å². The summed E-state index contributed by atoms with van der Waals surface area (Å²) >= 11 is 1.14. The summed E-state index contributed by atoms with van der Waals surface area (Å²) in [6.07, 6.45) is 0. The van der Waals surface area contributed by atoms with Crippen LogP contribution < -0.4 is 5.56 Å². The van der Waals surface area contributed by atoms with E-state index in [1.165, 1.54) is 12.1 Å². The molecule has 0 saturated carbocycles. The summed E-state index contributed by atoms with van der Waals surface area (Å²) in [4.78, 5) is 25.5. The molecule has 0 bridgehead atoms. The monoisotopic (exact) mass is 380 g/mol. The summed E-state index contributed by atoms with van der Waals surface area (Å²) in [5.41, 5.74) is 0.379. The minimum atomic E-state index is -1.04. The summed E-state index contributed by atoms with van der Waals surface area (Å²) in [6, 6.07) is 16.7. The lowest BCUT2D eigenvalue weighted by atomic mass is 10.0. The number of nitrogens with zero attached hydrogens (tertiary/aromatic N) is 1. The SMILES string of the molecule is N#Cc1c(SCc2cccc(C(=O)O)c2)[nH]c(=O)c(F)c1-c1ccccc1. The lowest BCUT2D eigenvalue weighted by Crippen LogP contribution is -2.15. The zero-order valence-electron chi connectivity index (χ0n) is 13.9. The molecule has 0 aliphatic heterocycles. The number of thioether (sulfide) groups is 1. The molecule has 0 aliphatic rings. The smallest absolute Gasteiger partial charge is 0.335 e. The van der Waals surface area contributed by atoms with E-state index in [0.717, 1.165) is 11.8 Å². The lowest BCUT2D eigenvalue weighted by Gasteiger charge is -2.10. The number of aromatic nitrogens is 1. The maximum absolute atomic E-state index is 14.5. The second-order valence-corrected chi connectivity index (χ2v) is 6.60. The van der Waals surface area contributed by atoms with Crippen molar-refractivity contribution in [2.24, 2.45) is 0 Å². The van der Waals surface area contributed by atoms with Crippen molar-refractivity contribution in [3.63, 3.8) is 0 Å². The fourth-order valence-electron chi connectivity index (χ4n) is 2.60. The average molecular weight is 380 g/mol. The van der Waals surface area contributed by atoms with Gasteiger partial charge in [0.2, 0.25) is 0 Å². The highest BCUT2D eigenvalue weighted by atomic mass is 32.2. The number of carboxylic acid groups (broad SMARTS) is 1. The van der Waals surface area contributed by atoms with E-state index >= 15 is 0 Å². The van der Waals surface area contributed by atoms with Gasteiger partial charge in [-0.05, 0) is 23.3 Å². The number of hydrogen-bond donors (Lipinski definition) is 2. The molecule has 7 heteroatoms. The second kappa shape index (κ2) is 7.89. The van der Waals surface area contributed by atoms with Gasteiger partial charge in [0, 0.05) is 11.3 Å². The normalized spacial score (nSPS) is 10.4. The number of aromatic amines is 1. The highest BCUT2D eigenvalue weighted by molar-refractivity contribution is 7.98. The Morgan fingerprint density at radius 1 is 1.19 bits per heavy atom. The maximum atomic E-state index is 14.5. The van der Waals surface area contributed by atoms with Crippen LogP contribution >= 0.6 is 11.8 Å². The van der Waals surface area contributed by atoms with E-state index in [0.29, 0.717) is 16.9 Å². The molecule has 1 heterocycles. The van der Waals surface area contributed by atoms with Crippen LogP contribution in [-0.2, 0) is 5.75 Å². The Bertz CT molecular complexity index is 1100. The van der Waals surface area contributed by atoms with Crippen molar-refractivity contribution >= 4 is 17.7 Å². The first kappa shape index (κ1) is 18.4.